The summed E-state index contributed by atoms with van der Waals surface area (Å²) in [5.41, 5.74) is -0.459. The van der Waals surface area contributed by atoms with Crippen LogP contribution in [0.5, 0.6) is 17.2 Å². The zero-order valence-electron chi connectivity index (χ0n) is 12.7. The molecule has 7 heteroatoms. The zero-order chi connectivity index (χ0) is 16.0. The third kappa shape index (κ3) is 4.48. The molecule has 0 aliphatic carbocycles. The molecule has 0 fully saturated rings. The Bertz CT molecular complexity index is 538. The van der Waals surface area contributed by atoms with Gasteiger partial charge in [0, 0.05) is 6.92 Å². The van der Waals surface area contributed by atoms with E-state index >= 15 is 0 Å². The van der Waals surface area contributed by atoms with Gasteiger partial charge >= 0.3 is 13.6 Å². The Kier molecular flexibility index (Phi) is 6.24. The molecule has 0 spiro atoms. The van der Waals surface area contributed by atoms with E-state index in [4.69, 9.17) is 14.0 Å². The molecule has 0 bridgehead atoms. The van der Waals surface area contributed by atoms with Gasteiger partial charge in [-0.3, -0.25) is 4.79 Å². The quantitative estimate of drug-likeness (QED) is 0.472. The lowest BCUT2D eigenvalue weighted by Gasteiger charge is -2.22. The summed E-state index contributed by atoms with van der Waals surface area (Å²) in [5, 5.41) is 0. The minimum absolute atomic E-state index is 0.0778. The van der Waals surface area contributed by atoms with E-state index in [0.29, 0.717) is 12.8 Å². The molecular formula is C14H21O6P. The van der Waals surface area contributed by atoms with Crippen molar-refractivity contribution in [1.82, 2.24) is 0 Å². The molecular weight excluding hydrogens is 295 g/mol. The van der Waals surface area contributed by atoms with Crippen LogP contribution in [0.4, 0.5) is 0 Å². The first-order chi connectivity index (χ1) is 9.85. The monoisotopic (exact) mass is 316 g/mol. The van der Waals surface area contributed by atoms with E-state index in [1.807, 2.05) is 13.8 Å². The Hall–Kier alpha value is -1.52. The third-order valence-corrected chi connectivity index (χ3v) is 5.15. The molecule has 21 heavy (non-hydrogen) atoms. The van der Waals surface area contributed by atoms with Crippen molar-refractivity contribution in [1.29, 1.82) is 0 Å². The number of ether oxygens (including phenoxy) is 2. The largest absolute Gasteiger partial charge is 0.490 e. The van der Waals surface area contributed by atoms with Gasteiger partial charge in [0.1, 0.15) is 0 Å². The highest BCUT2D eigenvalue weighted by molar-refractivity contribution is 7.54. The summed E-state index contributed by atoms with van der Waals surface area (Å²) in [7, 11) is -2.47. The molecule has 0 heterocycles. The van der Waals surface area contributed by atoms with Crippen molar-refractivity contribution in [2.75, 3.05) is 7.11 Å². The molecule has 1 atom stereocenters. The van der Waals surface area contributed by atoms with Crippen molar-refractivity contribution in [2.45, 2.75) is 39.3 Å². The molecule has 1 aromatic carbocycles. The van der Waals surface area contributed by atoms with Gasteiger partial charge in [-0.25, -0.2) is 4.57 Å². The second-order valence-electron chi connectivity index (χ2n) is 4.51. The summed E-state index contributed by atoms with van der Waals surface area (Å²) in [6.45, 7) is 4.91. The molecule has 1 aromatic rings. The molecule has 1 N–H and O–H groups in total. The molecule has 0 amide bonds. The number of carbonyl (C=O) groups excluding carboxylic acids is 1. The van der Waals surface area contributed by atoms with Crippen LogP contribution in [0.25, 0.3) is 0 Å². The van der Waals surface area contributed by atoms with Crippen LogP contribution in [-0.2, 0) is 9.36 Å². The Morgan fingerprint density at radius 2 is 1.86 bits per heavy atom. The Labute approximate surface area is 124 Å². The molecule has 1 unspecified atom stereocenters. The van der Waals surface area contributed by atoms with Crippen molar-refractivity contribution < 1.29 is 28.3 Å². The van der Waals surface area contributed by atoms with Gasteiger partial charge in [-0.1, -0.05) is 19.9 Å². The third-order valence-electron chi connectivity index (χ3n) is 3.03. The van der Waals surface area contributed by atoms with Gasteiger partial charge < -0.3 is 18.9 Å². The lowest BCUT2D eigenvalue weighted by Crippen LogP contribution is -2.11. The van der Waals surface area contributed by atoms with E-state index in [1.54, 1.807) is 6.07 Å². The highest BCUT2D eigenvalue weighted by Gasteiger charge is 2.32. The molecule has 1 rings (SSSR count). The van der Waals surface area contributed by atoms with E-state index in [2.05, 4.69) is 0 Å². The van der Waals surface area contributed by atoms with Crippen LogP contribution in [0, 0.1) is 0 Å². The number of methoxy groups -OCH3 is 1. The van der Waals surface area contributed by atoms with Gasteiger partial charge in [-0.2, -0.15) is 0 Å². The van der Waals surface area contributed by atoms with Crippen molar-refractivity contribution in [3.05, 3.63) is 18.2 Å². The normalized spacial score (nSPS) is 13.6. The lowest BCUT2D eigenvalue weighted by molar-refractivity contribution is -0.132. The van der Waals surface area contributed by atoms with Crippen molar-refractivity contribution in [3.8, 4) is 17.2 Å². The average Bonchev–Trinajstić information content (AvgIpc) is 2.38. The maximum atomic E-state index is 12.3. The van der Waals surface area contributed by atoms with Crippen molar-refractivity contribution >= 4 is 13.6 Å². The van der Waals surface area contributed by atoms with E-state index in [9.17, 15) is 14.3 Å². The first kappa shape index (κ1) is 17.5. The van der Waals surface area contributed by atoms with Gasteiger partial charge in [-0.05, 0) is 25.0 Å². The lowest BCUT2D eigenvalue weighted by atomic mass is 10.3. The topological polar surface area (TPSA) is 82.1 Å². The van der Waals surface area contributed by atoms with Crippen LogP contribution in [0.15, 0.2) is 18.2 Å². The minimum Gasteiger partial charge on any atom is -0.490 e. The molecule has 0 aromatic heterocycles. The summed E-state index contributed by atoms with van der Waals surface area (Å²) in [4.78, 5) is 21.1. The van der Waals surface area contributed by atoms with E-state index in [-0.39, 0.29) is 17.2 Å². The van der Waals surface area contributed by atoms with Gasteiger partial charge in [0.05, 0.1) is 12.8 Å². The summed E-state index contributed by atoms with van der Waals surface area (Å²) in [6.07, 6.45) is 1.05. The summed E-state index contributed by atoms with van der Waals surface area (Å²) in [6, 6.07) is 4.58. The van der Waals surface area contributed by atoms with Gasteiger partial charge in [0.25, 0.3) is 0 Å². The Morgan fingerprint density at radius 3 is 2.33 bits per heavy atom. The van der Waals surface area contributed by atoms with Crippen LogP contribution >= 0.6 is 7.60 Å². The van der Waals surface area contributed by atoms with Crippen LogP contribution in [0.1, 0.15) is 33.6 Å². The molecule has 0 radical (unpaired) electrons. The van der Waals surface area contributed by atoms with Crippen molar-refractivity contribution in [2.24, 2.45) is 0 Å². The second kappa shape index (κ2) is 7.48. The first-order valence-corrected chi connectivity index (χ1v) is 8.37. The van der Waals surface area contributed by atoms with Crippen LogP contribution in [-0.4, -0.2) is 23.6 Å². The molecule has 0 saturated heterocycles. The average molecular weight is 316 g/mol. The predicted octanol–water partition coefficient (Wildman–Crippen LogP) is 3.37. The highest BCUT2D eigenvalue weighted by atomic mass is 31.2. The van der Waals surface area contributed by atoms with Gasteiger partial charge in [0.15, 0.2) is 11.5 Å². The molecule has 118 valence electrons. The first-order valence-electron chi connectivity index (χ1n) is 6.73. The number of hydrogen-bond donors (Lipinski definition) is 1. The number of carbonyl (C=O) groups is 1. The fourth-order valence-electron chi connectivity index (χ4n) is 1.97. The van der Waals surface area contributed by atoms with Crippen LogP contribution in [0.2, 0.25) is 0 Å². The minimum atomic E-state index is -3.84. The van der Waals surface area contributed by atoms with Gasteiger partial charge in [0.2, 0.25) is 5.75 Å². The summed E-state index contributed by atoms with van der Waals surface area (Å²) < 4.78 is 27.7. The fraction of sp³-hybridized carbons (Fsp3) is 0.500. The number of benzene rings is 1. The fourth-order valence-corrected chi connectivity index (χ4v) is 3.47. The zero-order valence-corrected chi connectivity index (χ0v) is 13.6. The summed E-state index contributed by atoms with van der Waals surface area (Å²) >= 11 is 0. The standard InChI is InChI=1S/C14H21O6P/c1-5-11(6-2)21(16,17)20-13-9-7-8-12(14(13)18-4)19-10(3)15/h7-9,11H,5-6H2,1-4H3,(H,16,17). The van der Waals surface area contributed by atoms with Crippen molar-refractivity contribution in [3.63, 3.8) is 0 Å². The molecule has 0 saturated carbocycles. The maximum Gasteiger partial charge on any atom is 0.379 e. The van der Waals surface area contributed by atoms with Gasteiger partial charge in [-0.15, -0.1) is 0 Å². The van der Waals surface area contributed by atoms with E-state index < -0.39 is 19.2 Å². The number of para-hydroxylation sites is 1. The molecule has 0 aliphatic rings. The Balaban J connectivity index is 3.13. The number of hydrogen-bond acceptors (Lipinski definition) is 5. The van der Waals surface area contributed by atoms with Crippen LogP contribution in [0.3, 0.4) is 0 Å². The number of rotatable bonds is 7. The van der Waals surface area contributed by atoms with E-state index in [0.717, 1.165) is 0 Å². The Morgan fingerprint density at radius 1 is 1.29 bits per heavy atom. The highest BCUT2D eigenvalue weighted by Crippen LogP contribution is 2.53. The van der Waals surface area contributed by atoms with E-state index in [1.165, 1.54) is 26.2 Å². The van der Waals surface area contributed by atoms with Crippen LogP contribution < -0.4 is 14.0 Å². The maximum absolute atomic E-state index is 12.3. The molecule has 0 aliphatic heterocycles. The number of esters is 1. The SMILES string of the molecule is CCC(CC)P(=O)(O)Oc1cccc(OC(C)=O)c1OC. The predicted molar refractivity (Wildman–Crippen MR) is 79.1 cm³/mol. The second-order valence-corrected chi connectivity index (χ2v) is 6.55. The molecule has 6 nitrogen and oxygen atoms in total. The summed E-state index contributed by atoms with van der Waals surface area (Å²) in [5.74, 6) is -0.174. The smallest absolute Gasteiger partial charge is 0.379 e.